The highest BCUT2D eigenvalue weighted by atomic mass is 19.4. The van der Waals surface area contributed by atoms with Gasteiger partial charge in [0.25, 0.3) is 0 Å². The Morgan fingerprint density at radius 3 is 1.94 bits per heavy atom. The molecule has 0 aromatic heterocycles. The van der Waals surface area contributed by atoms with Crippen molar-refractivity contribution in [1.29, 1.82) is 0 Å². The Hall–Kier alpha value is -1.31. The topological polar surface area (TPSA) is 89.6 Å². The molecule has 0 aliphatic carbocycles. The number of carbonyl (C=O) groups is 2. The highest BCUT2D eigenvalue weighted by Crippen LogP contribution is 2.13. The number of carboxylic acid groups (broad SMARTS) is 1. The zero-order valence-electron chi connectivity index (χ0n) is 10.5. The summed E-state index contributed by atoms with van der Waals surface area (Å²) in [4.78, 5) is 19.9. The van der Waals surface area contributed by atoms with Gasteiger partial charge in [-0.15, -0.1) is 0 Å². The minimum Gasteiger partial charge on any atom is -0.475 e. The molecule has 0 spiro atoms. The lowest BCUT2D eigenvalue weighted by atomic mass is 10.0. The molecule has 0 aromatic rings. The molecule has 2 atom stereocenters. The molecule has 0 heterocycles. The molecule has 0 amide bonds. The second kappa shape index (κ2) is 8.73. The first-order chi connectivity index (χ1) is 8.02. The van der Waals surface area contributed by atoms with E-state index in [-0.39, 0.29) is 17.9 Å². The summed E-state index contributed by atoms with van der Waals surface area (Å²) < 4.78 is 36.5. The summed E-state index contributed by atoms with van der Waals surface area (Å²) in [6, 6.07) is 0.0643. The number of hydrogen-bond acceptors (Lipinski definition) is 4. The van der Waals surface area contributed by atoms with Gasteiger partial charge in [-0.2, -0.15) is 13.2 Å². The quantitative estimate of drug-likeness (QED) is 0.759. The average molecular weight is 273 g/mol. The molecule has 0 fully saturated rings. The number of ether oxygens (including phenoxy) is 1. The number of alkyl halides is 3. The molecular formula is C10H18F3NO4. The van der Waals surface area contributed by atoms with Gasteiger partial charge in [0.2, 0.25) is 0 Å². The Kier molecular flexibility index (Phi) is 9.24. The second-order valence-corrected chi connectivity index (χ2v) is 3.67. The zero-order chi connectivity index (χ0) is 14.9. The summed E-state index contributed by atoms with van der Waals surface area (Å²) >= 11 is 0. The number of esters is 1. The van der Waals surface area contributed by atoms with Crippen LogP contribution in [0, 0.1) is 5.92 Å². The summed E-state index contributed by atoms with van der Waals surface area (Å²) in [5.41, 5.74) is 5.52. The molecule has 0 radical (unpaired) electrons. The summed E-state index contributed by atoms with van der Waals surface area (Å²) in [6.07, 6.45) is -4.39. The normalized spacial score (nSPS) is 13.9. The molecule has 0 aliphatic heterocycles. The molecular weight excluding hydrogens is 255 g/mol. The van der Waals surface area contributed by atoms with Crippen molar-refractivity contribution in [3.63, 3.8) is 0 Å². The average Bonchev–Trinajstić information content (AvgIpc) is 2.16. The fourth-order valence-corrected chi connectivity index (χ4v) is 0.938. The van der Waals surface area contributed by atoms with E-state index < -0.39 is 12.1 Å². The highest BCUT2D eigenvalue weighted by molar-refractivity contribution is 5.73. The van der Waals surface area contributed by atoms with Crippen LogP contribution in [0.3, 0.4) is 0 Å². The molecule has 0 bridgehead atoms. The molecule has 0 aliphatic rings. The van der Waals surface area contributed by atoms with Crippen LogP contribution in [-0.4, -0.2) is 35.9 Å². The van der Waals surface area contributed by atoms with Gasteiger partial charge in [-0.3, -0.25) is 4.79 Å². The van der Waals surface area contributed by atoms with Gasteiger partial charge < -0.3 is 15.6 Å². The molecule has 0 saturated heterocycles. The van der Waals surface area contributed by atoms with E-state index in [1.807, 2.05) is 13.8 Å². The highest BCUT2D eigenvalue weighted by Gasteiger charge is 2.38. The van der Waals surface area contributed by atoms with Crippen LogP contribution in [0.4, 0.5) is 13.2 Å². The summed E-state index contributed by atoms with van der Waals surface area (Å²) in [7, 11) is 0. The minimum absolute atomic E-state index is 0.0643. The SMILES string of the molecule is CCOC(=O)[C@H](C)C[C@@H](C)N.O=C(O)C(F)(F)F. The Labute approximate surface area is 103 Å². The molecule has 8 heteroatoms. The smallest absolute Gasteiger partial charge is 0.475 e. The molecule has 3 N–H and O–H groups in total. The van der Waals surface area contributed by atoms with Gasteiger partial charge in [-0.1, -0.05) is 6.92 Å². The monoisotopic (exact) mass is 273 g/mol. The third-order valence-corrected chi connectivity index (χ3v) is 1.66. The van der Waals surface area contributed by atoms with Gasteiger partial charge in [-0.25, -0.2) is 4.79 Å². The maximum absolute atomic E-state index is 11.0. The van der Waals surface area contributed by atoms with E-state index in [0.29, 0.717) is 13.0 Å². The van der Waals surface area contributed by atoms with Crippen molar-refractivity contribution in [3.05, 3.63) is 0 Å². The van der Waals surface area contributed by atoms with Gasteiger partial charge in [0.15, 0.2) is 0 Å². The third-order valence-electron chi connectivity index (χ3n) is 1.66. The van der Waals surface area contributed by atoms with Crippen LogP contribution in [-0.2, 0) is 14.3 Å². The van der Waals surface area contributed by atoms with E-state index in [9.17, 15) is 18.0 Å². The molecule has 0 saturated carbocycles. The molecule has 5 nitrogen and oxygen atoms in total. The third kappa shape index (κ3) is 11.2. The number of rotatable bonds is 4. The predicted molar refractivity (Wildman–Crippen MR) is 57.8 cm³/mol. The van der Waals surface area contributed by atoms with Crippen LogP contribution in [0.25, 0.3) is 0 Å². The number of nitrogens with two attached hydrogens (primary N) is 1. The lowest BCUT2D eigenvalue weighted by Crippen LogP contribution is -2.24. The Balaban J connectivity index is 0. The number of halogens is 3. The maximum Gasteiger partial charge on any atom is 0.490 e. The summed E-state index contributed by atoms with van der Waals surface area (Å²) in [5, 5.41) is 7.12. The number of carboxylic acids is 1. The van der Waals surface area contributed by atoms with Crippen LogP contribution >= 0.6 is 0 Å². The lowest BCUT2D eigenvalue weighted by molar-refractivity contribution is -0.192. The predicted octanol–water partition coefficient (Wildman–Crippen LogP) is 1.56. The Morgan fingerprint density at radius 1 is 1.33 bits per heavy atom. The van der Waals surface area contributed by atoms with Crippen molar-refractivity contribution in [2.75, 3.05) is 6.61 Å². The van der Waals surface area contributed by atoms with E-state index in [1.165, 1.54) is 0 Å². The van der Waals surface area contributed by atoms with Gasteiger partial charge in [0.05, 0.1) is 12.5 Å². The number of carbonyl (C=O) groups excluding carboxylic acids is 1. The number of hydrogen-bond donors (Lipinski definition) is 2. The molecule has 18 heavy (non-hydrogen) atoms. The van der Waals surface area contributed by atoms with Crippen LogP contribution < -0.4 is 5.73 Å². The fraction of sp³-hybridized carbons (Fsp3) is 0.800. The minimum atomic E-state index is -5.08. The standard InChI is InChI=1S/C8H17NO2.C2HF3O2/c1-4-11-8(10)6(2)5-7(3)9;3-2(4,5)1(6)7/h6-7H,4-5,9H2,1-3H3;(H,6,7)/t6-,7-;/m1./s1. The van der Waals surface area contributed by atoms with Gasteiger partial charge in [0, 0.05) is 6.04 Å². The van der Waals surface area contributed by atoms with E-state index in [0.717, 1.165) is 0 Å². The van der Waals surface area contributed by atoms with Crippen molar-refractivity contribution < 1.29 is 32.6 Å². The van der Waals surface area contributed by atoms with Crippen molar-refractivity contribution in [1.82, 2.24) is 0 Å². The summed E-state index contributed by atoms with van der Waals surface area (Å²) in [6.45, 7) is 5.97. The van der Waals surface area contributed by atoms with Crippen molar-refractivity contribution >= 4 is 11.9 Å². The van der Waals surface area contributed by atoms with Crippen LogP contribution in [0.2, 0.25) is 0 Å². The first-order valence-corrected chi connectivity index (χ1v) is 5.24. The van der Waals surface area contributed by atoms with Gasteiger partial charge >= 0.3 is 18.1 Å². The summed E-state index contributed by atoms with van der Waals surface area (Å²) in [5.74, 6) is -2.98. The molecule has 0 aromatic carbocycles. The molecule has 0 rings (SSSR count). The van der Waals surface area contributed by atoms with E-state index in [4.69, 9.17) is 20.4 Å². The Bertz CT molecular complexity index is 266. The largest absolute Gasteiger partial charge is 0.490 e. The van der Waals surface area contributed by atoms with Gasteiger partial charge in [-0.05, 0) is 20.3 Å². The first-order valence-electron chi connectivity index (χ1n) is 5.24. The van der Waals surface area contributed by atoms with Gasteiger partial charge in [0.1, 0.15) is 0 Å². The van der Waals surface area contributed by atoms with Crippen LogP contribution in [0.15, 0.2) is 0 Å². The first kappa shape index (κ1) is 19.0. The Morgan fingerprint density at radius 2 is 1.72 bits per heavy atom. The number of aliphatic carboxylic acids is 1. The van der Waals surface area contributed by atoms with Crippen molar-refractivity contribution in [2.45, 2.75) is 39.4 Å². The van der Waals surface area contributed by atoms with Crippen molar-refractivity contribution in [3.8, 4) is 0 Å². The maximum atomic E-state index is 11.0. The lowest BCUT2D eigenvalue weighted by Gasteiger charge is -2.11. The molecule has 0 unspecified atom stereocenters. The van der Waals surface area contributed by atoms with E-state index >= 15 is 0 Å². The van der Waals surface area contributed by atoms with E-state index in [2.05, 4.69) is 0 Å². The zero-order valence-corrected chi connectivity index (χ0v) is 10.5. The molecule has 108 valence electrons. The second-order valence-electron chi connectivity index (χ2n) is 3.67. The fourth-order valence-electron chi connectivity index (χ4n) is 0.938. The van der Waals surface area contributed by atoms with E-state index in [1.54, 1.807) is 6.92 Å². The van der Waals surface area contributed by atoms with Crippen LogP contribution in [0.1, 0.15) is 27.2 Å². The van der Waals surface area contributed by atoms with Crippen molar-refractivity contribution in [2.24, 2.45) is 11.7 Å². The van der Waals surface area contributed by atoms with Crippen LogP contribution in [0.5, 0.6) is 0 Å².